The van der Waals surface area contributed by atoms with E-state index in [1.165, 1.54) is 12.1 Å². The summed E-state index contributed by atoms with van der Waals surface area (Å²) in [4.78, 5) is 11.8. The fourth-order valence-electron chi connectivity index (χ4n) is 1.93. The van der Waals surface area contributed by atoms with E-state index in [2.05, 4.69) is 34.3 Å². The molecule has 1 rings (SSSR count). The quantitative estimate of drug-likeness (QED) is 0.595. The lowest BCUT2D eigenvalue weighted by Gasteiger charge is -2.09. The zero-order valence-electron chi connectivity index (χ0n) is 10.5. The summed E-state index contributed by atoms with van der Waals surface area (Å²) in [5.41, 5.74) is 3.14. The Bertz CT molecular complexity index is 380. The van der Waals surface area contributed by atoms with Gasteiger partial charge in [-0.25, -0.2) is 0 Å². The average molecular weight is 286 g/mol. The predicted octanol–water partition coefficient (Wildman–Crippen LogP) is 3.87. The number of carbonyl (C=O) groups excluding carboxylic acids is 1. The summed E-state index contributed by atoms with van der Waals surface area (Å²) in [7, 11) is 0. The molecule has 1 unspecified atom stereocenters. The van der Waals surface area contributed by atoms with Crippen LogP contribution in [0.3, 0.4) is 0 Å². The number of hydrogen-bond acceptors (Lipinski definition) is 1. The van der Waals surface area contributed by atoms with Crippen molar-refractivity contribution in [3.05, 3.63) is 23.0 Å². The minimum Gasteiger partial charge on any atom is -0.348 e. The maximum absolute atomic E-state index is 11.9. The number of hydrogen-bond donors (Lipinski definition) is 0. The zero-order chi connectivity index (χ0) is 12.3. The van der Waals surface area contributed by atoms with Crippen molar-refractivity contribution in [2.24, 2.45) is 0 Å². The first-order chi connectivity index (χ1) is 7.49. The smallest absolute Gasteiger partial charge is 0.177 e. The number of aryl methyl sites for hydroxylation is 1. The first kappa shape index (κ1) is 13.5. The van der Waals surface area contributed by atoms with Crippen molar-refractivity contribution in [2.45, 2.75) is 51.9 Å². The molecular formula is C13H20BrNO. The zero-order valence-corrected chi connectivity index (χ0v) is 12.1. The van der Waals surface area contributed by atoms with Crippen LogP contribution < -0.4 is 0 Å². The molecule has 0 radical (unpaired) electrons. The van der Waals surface area contributed by atoms with Gasteiger partial charge in [0, 0.05) is 23.5 Å². The van der Waals surface area contributed by atoms with E-state index in [9.17, 15) is 4.79 Å². The van der Waals surface area contributed by atoms with Crippen molar-refractivity contribution in [1.29, 1.82) is 0 Å². The van der Waals surface area contributed by atoms with Gasteiger partial charge < -0.3 is 4.57 Å². The Balaban J connectivity index is 3.01. The summed E-state index contributed by atoms with van der Waals surface area (Å²) in [5, 5.41) is 0. The molecular weight excluding hydrogens is 266 g/mol. The molecule has 1 atom stereocenters. The van der Waals surface area contributed by atoms with Gasteiger partial charge in [-0.05, 0) is 33.3 Å². The Morgan fingerprint density at radius 2 is 2.12 bits per heavy atom. The fraction of sp³-hybridized carbons (Fsp3) is 0.615. The third-order valence-corrected chi connectivity index (χ3v) is 3.35. The highest BCUT2D eigenvalue weighted by Crippen LogP contribution is 2.19. The fourth-order valence-corrected chi connectivity index (χ4v) is 2.17. The van der Waals surface area contributed by atoms with Gasteiger partial charge in [-0.2, -0.15) is 0 Å². The molecule has 1 aromatic heterocycles. The second-order valence-electron chi connectivity index (χ2n) is 4.27. The molecule has 90 valence electrons. The molecule has 2 nitrogen and oxygen atoms in total. The van der Waals surface area contributed by atoms with E-state index >= 15 is 0 Å². The molecule has 0 N–H and O–H groups in total. The van der Waals surface area contributed by atoms with Crippen molar-refractivity contribution in [3.63, 3.8) is 0 Å². The van der Waals surface area contributed by atoms with E-state index in [0.717, 1.165) is 24.2 Å². The van der Waals surface area contributed by atoms with Gasteiger partial charge in [0.05, 0.1) is 4.83 Å². The third kappa shape index (κ3) is 2.76. The van der Waals surface area contributed by atoms with E-state index in [1.807, 2.05) is 19.9 Å². The summed E-state index contributed by atoms with van der Waals surface area (Å²) in [5.74, 6) is 0.177. The lowest BCUT2D eigenvalue weighted by Crippen LogP contribution is -2.11. The standard InChI is InChI=1S/C13H20BrNO/c1-5-6-7-15-9(2)8-12(11(15)4)13(16)10(3)14/h8,10H,5-7H2,1-4H3. The van der Waals surface area contributed by atoms with Crippen LogP contribution in [0.25, 0.3) is 0 Å². The highest BCUT2D eigenvalue weighted by atomic mass is 79.9. The Kier molecular flexibility index (Phi) is 4.78. The molecule has 16 heavy (non-hydrogen) atoms. The molecule has 0 aromatic carbocycles. The third-order valence-electron chi connectivity index (χ3n) is 2.94. The minimum absolute atomic E-state index is 0.104. The highest BCUT2D eigenvalue weighted by molar-refractivity contribution is 9.10. The van der Waals surface area contributed by atoms with Gasteiger partial charge >= 0.3 is 0 Å². The summed E-state index contributed by atoms with van der Waals surface area (Å²) in [6, 6.07) is 2.01. The van der Waals surface area contributed by atoms with Gasteiger partial charge in [-0.3, -0.25) is 4.79 Å². The molecule has 0 saturated heterocycles. The van der Waals surface area contributed by atoms with Crippen LogP contribution in [0, 0.1) is 13.8 Å². The summed E-state index contributed by atoms with van der Waals surface area (Å²) >= 11 is 3.34. The monoisotopic (exact) mass is 285 g/mol. The first-order valence-corrected chi connectivity index (χ1v) is 6.75. The molecule has 0 aliphatic carbocycles. The van der Waals surface area contributed by atoms with Crippen molar-refractivity contribution in [3.8, 4) is 0 Å². The molecule has 0 bridgehead atoms. The molecule has 0 amide bonds. The Hall–Kier alpha value is -0.570. The van der Waals surface area contributed by atoms with Gasteiger partial charge in [0.2, 0.25) is 0 Å². The summed E-state index contributed by atoms with van der Waals surface area (Å²) in [6.45, 7) is 9.17. The van der Waals surface area contributed by atoms with Gasteiger partial charge in [0.1, 0.15) is 0 Å². The molecule has 0 spiro atoms. The highest BCUT2D eigenvalue weighted by Gasteiger charge is 2.18. The van der Waals surface area contributed by atoms with Crippen LogP contribution >= 0.6 is 15.9 Å². The summed E-state index contributed by atoms with van der Waals surface area (Å²) in [6.07, 6.45) is 2.34. The largest absolute Gasteiger partial charge is 0.348 e. The van der Waals surface area contributed by atoms with Crippen LogP contribution in [0.15, 0.2) is 6.07 Å². The molecule has 1 aromatic rings. The Morgan fingerprint density at radius 1 is 1.50 bits per heavy atom. The molecule has 1 heterocycles. The minimum atomic E-state index is -0.104. The lowest BCUT2D eigenvalue weighted by molar-refractivity contribution is 0.0995. The number of halogens is 1. The molecule has 0 aliphatic rings. The number of nitrogens with zero attached hydrogens (tertiary/aromatic N) is 1. The van der Waals surface area contributed by atoms with E-state index in [0.29, 0.717) is 0 Å². The van der Waals surface area contributed by atoms with E-state index < -0.39 is 0 Å². The topological polar surface area (TPSA) is 22.0 Å². The number of rotatable bonds is 5. The molecule has 0 saturated carbocycles. The number of carbonyl (C=O) groups is 1. The van der Waals surface area contributed by atoms with Crippen molar-refractivity contribution in [1.82, 2.24) is 4.57 Å². The predicted molar refractivity (Wildman–Crippen MR) is 71.5 cm³/mol. The Labute approximate surface area is 106 Å². The van der Waals surface area contributed by atoms with Crippen LogP contribution in [0.1, 0.15) is 48.4 Å². The van der Waals surface area contributed by atoms with Crippen molar-refractivity contribution >= 4 is 21.7 Å². The van der Waals surface area contributed by atoms with Crippen LogP contribution in [0.4, 0.5) is 0 Å². The number of alkyl halides is 1. The van der Waals surface area contributed by atoms with E-state index in [1.54, 1.807) is 0 Å². The van der Waals surface area contributed by atoms with Gasteiger partial charge in [0.25, 0.3) is 0 Å². The van der Waals surface area contributed by atoms with E-state index in [4.69, 9.17) is 0 Å². The maximum atomic E-state index is 11.9. The SMILES string of the molecule is CCCCn1c(C)cc(C(=O)C(C)Br)c1C. The van der Waals surface area contributed by atoms with Crippen LogP contribution in [0.2, 0.25) is 0 Å². The number of ketones is 1. The molecule has 0 fully saturated rings. The number of Topliss-reactive ketones (excluding diaryl/α,β-unsaturated/α-hetero) is 1. The number of aromatic nitrogens is 1. The van der Waals surface area contributed by atoms with Crippen molar-refractivity contribution in [2.75, 3.05) is 0 Å². The normalized spacial score (nSPS) is 12.8. The van der Waals surface area contributed by atoms with Gasteiger partial charge in [0.15, 0.2) is 5.78 Å². The maximum Gasteiger partial charge on any atom is 0.177 e. The summed E-state index contributed by atoms with van der Waals surface area (Å²) < 4.78 is 2.24. The molecule has 0 aliphatic heterocycles. The molecule has 3 heteroatoms. The van der Waals surface area contributed by atoms with Crippen LogP contribution in [0.5, 0.6) is 0 Å². The van der Waals surface area contributed by atoms with Crippen LogP contribution in [-0.4, -0.2) is 15.2 Å². The van der Waals surface area contributed by atoms with E-state index in [-0.39, 0.29) is 10.6 Å². The first-order valence-electron chi connectivity index (χ1n) is 5.84. The average Bonchev–Trinajstić information content (AvgIpc) is 2.51. The number of unbranched alkanes of at least 4 members (excludes halogenated alkanes) is 1. The van der Waals surface area contributed by atoms with Gasteiger partial charge in [-0.1, -0.05) is 29.3 Å². The lowest BCUT2D eigenvalue weighted by atomic mass is 10.1. The van der Waals surface area contributed by atoms with Gasteiger partial charge in [-0.15, -0.1) is 0 Å². The Morgan fingerprint density at radius 3 is 2.62 bits per heavy atom. The van der Waals surface area contributed by atoms with Crippen LogP contribution in [-0.2, 0) is 6.54 Å². The second kappa shape index (κ2) is 5.67. The second-order valence-corrected chi connectivity index (χ2v) is 5.64. The van der Waals surface area contributed by atoms with Crippen molar-refractivity contribution < 1.29 is 4.79 Å².